The molecular formula is C18H19N3O4S. The van der Waals surface area contributed by atoms with Crippen molar-refractivity contribution in [1.82, 2.24) is 0 Å². The maximum absolute atomic E-state index is 12.5. The number of benzene rings is 2. The lowest BCUT2D eigenvalue weighted by molar-refractivity contribution is -0.116. The number of nitrogens with zero attached hydrogens (tertiary/aromatic N) is 1. The maximum atomic E-state index is 12.5. The number of amides is 2. The molecule has 7 nitrogen and oxygen atoms in total. The topological polar surface area (TPSA) is 95.6 Å². The van der Waals surface area contributed by atoms with E-state index in [0.717, 1.165) is 11.3 Å². The van der Waals surface area contributed by atoms with Crippen molar-refractivity contribution in [2.75, 3.05) is 21.5 Å². The second-order valence-electron chi connectivity index (χ2n) is 6.08. The zero-order valence-corrected chi connectivity index (χ0v) is 15.3. The predicted octanol–water partition coefficient (Wildman–Crippen LogP) is 2.35. The van der Waals surface area contributed by atoms with Crippen molar-refractivity contribution >= 4 is 38.9 Å². The van der Waals surface area contributed by atoms with Crippen LogP contribution in [0.2, 0.25) is 0 Å². The fourth-order valence-corrected chi connectivity index (χ4v) is 3.98. The van der Waals surface area contributed by atoms with Crippen molar-refractivity contribution in [1.29, 1.82) is 0 Å². The molecule has 0 unspecified atom stereocenters. The lowest BCUT2D eigenvalue weighted by Gasteiger charge is -2.15. The highest BCUT2D eigenvalue weighted by Crippen LogP contribution is 2.31. The molecule has 0 saturated heterocycles. The number of carbonyl (C=O) groups is 2. The van der Waals surface area contributed by atoms with E-state index < -0.39 is 10.0 Å². The fourth-order valence-electron chi connectivity index (χ4n) is 2.93. The number of hydrogen-bond acceptors (Lipinski definition) is 4. The minimum Gasteiger partial charge on any atom is -0.326 e. The Morgan fingerprint density at radius 2 is 1.65 bits per heavy atom. The molecule has 1 aliphatic heterocycles. The average Bonchev–Trinajstić information content (AvgIpc) is 2.97. The standard InChI is InChI=1S/C18H19N3O4S/c1-12(22)19-15-3-6-17(7-4-15)26(24,25)20-16-5-8-18-14(11-16)9-10-21(18)13(2)23/h3-8,11,20H,9-10H2,1-2H3,(H,19,22). The molecule has 0 aliphatic carbocycles. The smallest absolute Gasteiger partial charge is 0.261 e. The van der Waals surface area contributed by atoms with Gasteiger partial charge in [-0.15, -0.1) is 0 Å². The third-order valence-electron chi connectivity index (χ3n) is 4.09. The van der Waals surface area contributed by atoms with Gasteiger partial charge in [0.1, 0.15) is 0 Å². The Labute approximate surface area is 152 Å². The van der Waals surface area contributed by atoms with Crippen molar-refractivity contribution in [3.8, 4) is 0 Å². The van der Waals surface area contributed by atoms with Crippen LogP contribution in [-0.4, -0.2) is 26.8 Å². The van der Waals surface area contributed by atoms with E-state index in [4.69, 9.17) is 0 Å². The van der Waals surface area contributed by atoms with Gasteiger partial charge < -0.3 is 10.2 Å². The second kappa shape index (κ2) is 6.80. The van der Waals surface area contributed by atoms with E-state index in [1.54, 1.807) is 23.1 Å². The first kappa shape index (κ1) is 17.9. The molecule has 1 aliphatic rings. The summed E-state index contributed by atoms with van der Waals surface area (Å²) in [7, 11) is -3.75. The minimum absolute atomic E-state index is 0.0312. The Bertz CT molecular complexity index is 968. The first-order valence-corrected chi connectivity index (χ1v) is 9.56. The normalized spacial score (nSPS) is 13.2. The molecule has 0 fully saturated rings. The third-order valence-corrected chi connectivity index (χ3v) is 5.49. The SMILES string of the molecule is CC(=O)Nc1ccc(S(=O)(=O)Nc2ccc3c(c2)CCN3C(C)=O)cc1. The van der Waals surface area contributed by atoms with Crippen LogP contribution in [-0.2, 0) is 26.0 Å². The number of hydrogen-bond donors (Lipinski definition) is 2. The van der Waals surface area contributed by atoms with Crippen LogP contribution >= 0.6 is 0 Å². The molecule has 0 radical (unpaired) electrons. The van der Waals surface area contributed by atoms with Crippen molar-refractivity contribution in [2.45, 2.75) is 25.2 Å². The Morgan fingerprint density at radius 3 is 2.27 bits per heavy atom. The average molecular weight is 373 g/mol. The lowest BCUT2D eigenvalue weighted by Crippen LogP contribution is -2.25. The number of sulfonamides is 1. The molecule has 0 atom stereocenters. The lowest BCUT2D eigenvalue weighted by atomic mass is 10.1. The van der Waals surface area contributed by atoms with E-state index in [1.165, 1.54) is 38.1 Å². The maximum Gasteiger partial charge on any atom is 0.261 e. The van der Waals surface area contributed by atoms with Gasteiger partial charge in [-0.2, -0.15) is 0 Å². The summed E-state index contributed by atoms with van der Waals surface area (Å²) in [4.78, 5) is 24.4. The molecule has 0 spiro atoms. The van der Waals surface area contributed by atoms with Crippen LogP contribution in [0.1, 0.15) is 19.4 Å². The van der Waals surface area contributed by atoms with E-state index in [0.29, 0.717) is 24.3 Å². The second-order valence-corrected chi connectivity index (χ2v) is 7.76. The van der Waals surface area contributed by atoms with Gasteiger partial charge in [0.05, 0.1) is 4.90 Å². The Morgan fingerprint density at radius 1 is 1.00 bits per heavy atom. The summed E-state index contributed by atoms with van der Waals surface area (Å²) in [5.41, 5.74) is 2.72. The quantitative estimate of drug-likeness (QED) is 0.860. The zero-order chi connectivity index (χ0) is 18.9. The molecule has 3 rings (SSSR count). The Hall–Kier alpha value is -2.87. The first-order valence-electron chi connectivity index (χ1n) is 8.08. The molecule has 26 heavy (non-hydrogen) atoms. The van der Waals surface area contributed by atoms with Crippen molar-refractivity contribution in [3.63, 3.8) is 0 Å². The molecular weight excluding hydrogens is 354 g/mol. The van der Waals surface area contributed by atoms with Crippen LogP contribution in [0.3, 0.4) is 0 Å². The van der Waals surface area contributed by atoms with Crippen LogP contribution in [0, 0.1) is 0 Å². The monoisotopic (exact) mass is 373 g/mol. The molecule has 2 aromatic rings. The van der Waals surface area contributed by atoms with E-state index >= 15 is 0 Å². The minimum atomic E-state index is -3.75. The molecule has 2 N–H and O–H groups in total. The van der Waals surface area contributed by atoms with Crippen LogP contribution in [0.4, 0.5) is 17.1 Å². The fraction of sp³-hybridized carbons (Fsp3) is 0.222. The molecule has 0 saturated carbocycles. The predicted molar refractivity (Wildman–Crippen MR) is 99.7 cm³/mol. The number of fused-ring (bicyclic) bond motifs is 1. The summed E-state index contributed by atoms with van der Waals surface area (Å²) in [6, 6.07) is 11.1. The van der Waals surface area contributed by atoms with Crippen LogP contribution in [0.5, 0.6) is 0 Å². The van der Waals surface area contributed by atoms with Crippen molar-refractivity contribution in [3.05, 3.63) is 48.0 Å². The molecule has 0 aromatic heterocycles. The highest BCUT2D eigenvalue weighted by atomic mass is 32.2. The van der Waals surface area contributed by atoms with Gasteiger partial charge >= 0.3 is 0 Å². The van der Waals surface area contributed by atoms with Crippen molar-refractivity contribution in [2.24, 2.45) is 0 Å². The van der Waals surface area contributed by atoms with Gasteiger partial charge in [-0.05, 0) is 54.4 Å². The Kier molecular flexibility index (Phi) is 4.69. The van der Waals surface area contributed by atoms with Gasteiger partial charge in [0.25, 0.3) is 10.0 Å². The number of nitrogens with one attached hydrogen (secondary N) is 2. The molecule has 2 amide bonds. The van der Waals surface area contributed by atoms with E-state index in [9.17, 15) is 18.0 Å². The summed E-state index contributed by atoms with van der Waals surface area (Å²) in [6.07, 6.45) is 0.690. The van der Waals surface area contributed by atoms with Gasteiger partial charge in [-0.1, -0.05) is 0 Å². The van der Waals surface area contributed by atoms with Crippen molar-refractivity contribution < 1.29 is 18.0 Å². The van der Waals surface area contributed by atoms with Crippen LogP contribution < -0.4 is 14.9 Å². The van der Waals surface area contributed by atoms with Crippen LogP contribution in [0.25, 0.3) is 0 Å². The van der Waals surface area contributed by atoms with Gasteiger partial charge in [0.2, 0.25) is 11.8 Å². The third kappa shape index (κ3) is 3.70. The molecule has 1 heterocycles. The van der Waals surface area contributed by atoms with Gasteiger partial charge in [0.15, 0.2) is 0 Å². The number of carbonyl (C=O) groups excluding carboxylic acids is 2. The summed E-state index contributed by atoms with van der Waals surface area (Å²) in [6.45, 7) is 3.50. The van der Waals surface area contributed by atoms with Gasteiger partial charge in [-0.3, -0.25) is 14.3 Å². The summed E-state index contributed by atoms with van der Waals surface area (Å²) in [5, 5.41) is 2.59. The highest BCUT2D eigenvalue weighted by molar-refractivity contribution is 7.92. The van der Waals surface area contributed by atoms with E-state index in [1.807, 2.05) is 0 Å². The Balaban J connectivity index is 1.80. The van der Waals surface area contributed by atoms with Gasteiger partial charge in [-0.25, -0.2) is 8.42 Å². The zero-order valence-electron chi connectivity index (χ0n) is 14.4. The largest absolute Gasteiger partial charge is 0.326 e. The number of anilines is 3. The summed E-state index contributed by atoms with van der Waals surface area (Å²) >= 11 is 0. The number of rotatable bonds is 4. The summed E-state index contributed by atoms with van der Waals surface area (Å²) < 4.78 is 27.6. The molecule has 0 bridgehead atoms. The molecule has 2 aromatic carbocycles. The van der Waals surface area contributed by atoms with E-state index in [2.05, 4.69) is 10.0 Å². The molecule has 8 heteroatoms. The summed E-state index contributed by atoms with van der Waals surface area (Å²) in [5.74, 6) is -0.257. The van der Waals surface area contributed by atoms with Crippen LogP contribution in [0.15, 0.2) is 47.4 Å². The van der Waals surface area contributed by atoms with E-state index in [-0.39, 0.29) is 16.7 Å². The first-order chi connectivity index (χ1) is 12.3. The van der Waals surface area contributed by atoms with Gasteiger partial charge in [0, 0.05) is 37.5 Å². The molecule has 136 valence electrons. The highest BCUT2D eigenvalue weighted by Gasteiger charge is 2.23.